The highest BCUT2D eigenvalue weighted by atomic mass is 15.0. The fraction of sp³-hybridized carbons (Fsp3) is 0.0400. The van der Waals surface area contributed by atoms with Gasteiger partial charge < -0.3 is 9.13 Å². The Labute approximate surface area is 303 Å². The highest BCUT2D eigenvalue weighted by Crippen LogP contribution is 2.43. The lowest BCUT2D eigenvalue weighted by atomic mass is 9.93. The maximum absolute atomic E-state index is 2.43. The molecule has 52 heavy (non-hydrogen) atoms. The summed E-state index contributed by atoms with van der Waals surface area (Å²) in [4.78, 5) is 0. The van der Waals surface area contributed by atoms with E-state index in [-0.39, 0.29) is 0 Å². The first-order chi connectivity index (χ1) is 25.6. The SMILES string of the molecule is Cc1ccc(-c2cc(-c3ccc4c5cc(-c6cccc(C)c6)ccc5n(-c5ccccc5)c4c3)cc3c2c2ccccc2n3-c2ccccc2)cc1. The van der Waals surface area contributed by atoms with Crippen molar-refractivity contribution in [3.63, 3.8) is 0 Å². The molecule has 0 amide bonds. The van der Waals surface area contributed by atoms with Gasteiger partial charge in [-0.25, -0.2) is 0 Å². The van der Waals surface area contributed by atoms with Crippen LogP contribution in [0.4, 0.5) is 0 Å². The van der Waals surface area contributed by atoms with Gasteiger partial charge >= 0.3 is 0 Å². The Bertz CT molecular complexity index is 2940. The van der Waals surface area contributed by atoms with E-state index >= 15 is 0 Å². The molecule has 10 aromatic rings. The van der Waals surface area contributed by atoms with Gasteiger partial charge in [0.1, 0.15) is 0 Å². The Morgan fingerprint density at radius 1 is 0.308 bits per heavy atom. The summed E-state index contributed by atoms with van der Waals surface area (Å²) < 4.78 is 4.85. The molecule has 2 heterocycles. The van der Waals surface area contributed by atoms with Gasteiger partial charge in [0.25, 0.3) is 0 Å². The third kappa shape index (κ3) is 4.87. The summed E-state index contributed by atoms with van der Waals surface area (Å²) in [7, 11) is 0. The molecule has 0 aliphatic heterocycles. The number of hydrogen-bond donors (Lipinski definition) is 0. The number of para-hydroxylation sites is 3. The van der Waals surface area contributed by atoms with Gasteiger partial charge in [-0.15, -0.1) is 0 Å². The zero-order valence-corrected chi connectivity index (χ0v) is 29.2. The summed E-state index contributed by atoms with van der Waals surface area (Å²) in [6.07, 6.45) is 0. The number of rotatable bonds is 5. The molecule has 0 radical (unpaired) electrons. The monoisotopic (exact) mass is 664 g/mol. The Morgan fingerprint density at radius 2 is 0.904 bits per heavy atom. The molecule has 8 aromatic carbocycles. The summed E-state index contributed by atoms with van der Waals surface area (Å²) in [5.41, 5.74) is 16.9. The number of hydrogen-bond acceptors (Lipinski definition) is 0. The number of nitrogens with zero attached hydrogens (tertiary/aromatic N) is 2. The van der Waals surface area contributed by atoms with E-state index < -0.39 is 0 Å². The molecular weight excluding hydrogens is 629 g/mol. The van der Waals surface area contributed by atoms with Crippen molar-refractivity contribution in [3.05, 3.63) is 193 Å². The van der Waals surface area contributed by atoms with Gasteiger partial charge in [0.05, 0.1) is 22.1 Å². The molecule has 0 aliphatic rings. The predicted octanol–water partition coefficient (Wildman–Crippen LogP) is 13.5. The first kappa shape index (κ1) is 30.2. The van der Waals surface area contributed by atoms with Crippen LogP contribution in [0, 0.1) is 13.8 Å². The minimum Gasteiger partial charge on any atom is -0.309 e. The molecule has 0 atom stereocenters. The molecule has 2 nitrogen and oxygen atoms in total. The van der Waals surface area contributed by atoms with Crippen molar-refractivity contribution < 1.29 is 0 Å². The van der Waals surface area contributed by atoms with Crippen molar-refractivity contribution in [2.75, 3.05) is 0 Å². The van der Waals surface area contributed by atoms with Crippen LogP contribution in [-0.2, 0) is 0 Å². The van der Waals surface area contributed by atoms with E-state index in [2.05, 4.69) is 205 Å². The Morgan fingerprint density at radius 3 is 1.65 bits per heavy atom. The highest BCUT2D eigenvalue weighted by Gasteiger charge is 2.20. The quantitative estimate of drug-likeness (QED) is 0.173. The van der Waals surface area contributed by atoms with Crippen molar-refractivity contribution in [2.45, 2.75) is 13.8 Å². The van der Waals surface area contributed by atoms with Gasteiger partial charge in [0.15, 0.2) is 0 Å². The number of fused-ring (bicyclic) bond motifs is 6. The summed E-state index contributed by atoms with van der Waals surface area (Å²) in [6.45, 7) is 4.31. The van der Waals surface area contributed by atoms with Crippen molar-refractivity contribution in [2.24, 2.45) is 0 Å². The second kappa shape index (κ2) is 12.0. The van der Waals surface area contributed by atoms with Crippen LogP contribution in [0.3, 0.4) is 0 Å². The fourth-order valence-electron chi connectivity index (χ4n) is 8.14. The summed E-state index contributed by atoms with van der Waals surface area (Å²) in [5.74, 6) is 0. The largest absolute Gasteiger partial charge is 0.309 e. The molecule has 0 saturated carbocycles. The smallest absolute Gasteiger partial charge is 0.0553 e. The predicted molar refractivity (Wildman–Crippen MR) is 221 cm³/mol. The molecule has 0 saturated heterocycles. The average Bonchev–Trinajstić information content (AvgIpc) is 3.70. The highest BCUT2D eigenvalue weighted by molar-refractivity contribution is 6.17. The summed E-state index contributed by atoms with van der Waals surface area (Å²) >= 11 is 0. The molecule has 0 aliphatic carbocycles. The summed E-state index contributed by atoms with van der Waals surface area (Å²) in [6, 6.07) is 66.9. The van der Waals surface area contributed by atoms with Gasteiger partial charge in [-0.3, -0.25) is 0 Å². The third-order valence-electron chi connectivity index (χ3n) is 10.6. The van der Waals surface area contributed by atoms with E-state index in [1.807, 2.05) is 0 Å². The average molecular weight is 665 g/mol. The number of benzene rings is 8. The molecule has 2 aromatic heterocycles. The van der Waals surface area contributed by atoms with Crippen molar-refractivity contribution >= 4 is 43.6 Å². The van der Waals surface area contributed by atoms with Crippen molar-refractivity contribution in [3.8, 4) is 44.8 Å². The van der Waals surface area contributed by atoms with Crippen molar-refractivity contribution in [1.82, 2.24) is 9.13 Å². The molecule has 0 unspecified atom stereocenters. The van der Waals surface area contributed by atoms with Gasteiger partial charge in [-0.05, 0) is 108 Å². The van der Waals surface area contributed by atoms with Crippen LogP contribution in [0.1, 0.15) is 11.1 Å². The minimum absolute atomic E-state index is 1.16. The van der Waals surface area contributed by atoms with Crippen LogP contribution in [-0.4, -0.2) is 9.13 Å². The number of aromatic nitrogens is 2. The lowest BCUT2D eigenvalue weighted by Crippen LogP contribution is -1.95. The molecule has 0 N–H and O–H groups in total. The Kier molecular flexibility index (Phi) is 6.97. The van der Waals surface area contributed by atoms with E-state index in [0.717, 1.165) is 11.4 Å². The van der Waals surface area contributed by atoms with Gasteiger partial charge in [-0.2, -0.15) is 0 Å². The Hall–Kier alpha value is -6.64. The van der Waals surface area contributed by atoms with E-state index in [1.54, 1.807) is 0 Å². The second-order valence-electron chi connectivity index (χ2n) is 14.0. The zero-order chi connectivity index (χ0) is 34.8. The van der Waals surface area contributed by atoms with Crippen LogP contribution in [0.2, 0.25) is 0 Å². The van der Waals surface area contributed by atoms with Gasteiger partial charge in [0, 0.05) is 32.9 Å². The van der Waals surface area contributed by atoms with Crippen molar-refractivity contribution in [1.29, 1.82) is 0 Å². The van der Waals surface area contributed by atoms with E-state index in [0.29, 0.717) is 0 Å². The number of aryl methyl sites for hydroxylation is 2. The van der Waals surface area contributed by atoms with Crippen LogP contribution in [0.25, 0.3) is 88.4 Å². The normalized spacial score (nSPS) is 11.7. The molecule has 246 valence electrons. The molecule has 2 heteroatoms. The lowest BCUT2D eigenvalue weighted by Gasteiger charge is -2.13. The van der Waals surface area contributed by atoms with Crippen LogP contribution in [0.15, 0.2) is 182 Å². The van der Waals surface area contributed by atoms with Crippen LogP contribution < -0.4 is 0 Å². The van der Waals surface area contributed by atoms with Gasteiger partial charge in [0.2, 0.25) is 0 Å². The molecule has 10 rings (SSSR count). The topological polar surface area (TPSA) is 9.86 Å². The molecule has 0 spiro atoms. The minimum atomic E-state index is 1.16. The van der Waals surface area contributed by atoms with E-state index in [4.69, 9.17) is 0 Å². The molecule has 0 bridgehead atoms. The third-order valence-corrected chi connectivity index (χ3v) is 10.6. The maximum Gasteiger partial charge on any atom is 0.0553 e. The molecule has 0 fully saturated rings. The zero-order valence-electron chi connectivity index (χ0n) is 29.2. The van der Waals surface area contributed by atoms with E-state index in [9.17, 15) is 0 Å². The maximum atomic E-state index is 2.43. The lowest BCUT2D eigenvalue weighted by molar-refractivity contribution is 1.18. The second-order valence-corrected chi connectivity index (χ2v) is 14.0. The van der Waals surface area contributed by atoms with E-state index in [1.165, 1.54) is 88.1 Å². The van der Waals surface area contributed by atoms with Crippen LogP contribution >= 0.6 is 0 Å². The standard InChI is InChI=1S/C50H36N2/c1-33-20-22-35(23-21-33)44-30-39(32-49-50(44)43-18-9-10-19-46(43)52(49)41-16-7-4-8-17-41)38-24-26-42-45-29-37(36-13-11-12-34(2)28-36)25-27-47(45)51(48(42)31-38)40-14-5-3-6-15-40/h3-32H,1-2H3. The van der Waals surface area contributed by atoms with Crippen LogP contribution in [0.5, 0.6) is 0 Å². The Balaban J connectivity index is 1.27. The first-order valence-electron chi connectivity index (χ1n) is 18.0. The fourth-order valence-corrected chi connectivity index (χ4v) is 8.14. The summed E-state index contributed by atoms with van der Waals surface area (Å²) in [5, 5.41) is 5.03. The first-order valence-corrected chi connectivity index (χ1v) is 18.0. The molecular formula is C50H36N2. The van der Waals surface area contributed by atoms with Gasteiger partial charge in [-0.1, -0.05) is 132 Å².